The molecule has 1 aliphatic heterocycles. The number of amides is 1. The van der Waals surface area contributed by atoms with Crippen molar-refractivity contribution in [3.63, 3.8) is 0 Å². The molecule has 3 aromatic rings. The highest BCUT2D eigenvalue weighted by atomic mass is 35.5. The van der Waals surface area contributed by atoms with Gasteiger partial charge in [0.15, 0.2) is 0 Å². The van der Waals surface area contributed by atoms with Crippen molar-refractivity contribution in [2.75, 3.05) is 31.1 Å². The summed E-state index contributed by atoms with van der Waals surface area (Å²) in [7, 11) is 0. The number of nitrogens with zero attached hydrogens (tertiary/aromatic N) is 4. The van der Waals surface area contributed by atoms with Gasteiger partial charge in [0.1, 0.15) is 0 Å². The van der Waals surface area contributed by atoms with Gasteiger partial charge < -0.3 is 9.80 Å². The van der Waals surface area contributed by atoms with Crippen molar-refractivity contribution in [2.24, 2.45) is 0 Å². The van der Waals surface area contributed by atoms with Crippen LogP contribution in [-0.2, 0) is 11.0 Å². The Morgan fingerprint density at radius 1 is 0.939 bits per heavy atom. The zero-order valence-corrected chi connectivity index (χ0v) is 18.2. The lowest BCUT2D eigenvalue weighted by atomic mass is 9.99. The Morgan fingerprint density at radius 2 is 1.64 bits per heavy atom. The summed E-state index contributed by atoms with van der Waals surface area (Å²) in [4.78, 5) is 25.6. The lowest BCUT2D eigenvalue weighted by molar-refractivity contribution is -0.137. The summed E-state index contributed by atoms with van der Waals surface area (Å²) in [6.07, 6.45) is 0.372. The first-order chi connectivity index (χ1) is 15.8. The van der Waals surface area contributed by atoms with Gasteiger partial charge in [0.25, 0.3) is 5.91 Å². The van der Waals surface area contributed by atoms with Crippen LogP contribution >= 0.6 is 11.6 Å². The number of hydrogen-bond donors (Lipinski definition) is 0. The Labute approximate surface area is 194 Å². The minimum absolute atomic E-state index is 0.174. The lowest BCUT2D eigenvalue weighted by Gasteiger charge is -2.35. The molecule has 0 spiro atoms. The fourth-order valence-corrected chi connectivity index (χ4v) is 3.83. The average molecular weight is 473 g/mol. The topological polar surface area (TPSA) is 49.3 Å². The summed E-state index contributed by atoms with van der Waals surface area (Å²) >= 11 is 6.07. The Balaban J connectivity index is 1.63. The number of halogens is 4. The van der Waals surface area contributed by atoms with E-state index in [-0.39, 0.29) is 17.0 Å². The second kappa shape index (κ2) is 9.62. The van der Waals surface area contributed by atoms with E-state index in [0.29, 0.717) is 42.7 Å². The maximum atomic E-state index is 13.5. The van der Waals surface area contributed by atoms with E-state index in [2.05, 4.69) is 9.97 Å². The van der Waals surface area contributed by atoms with Gasteiger partial charge >= 0.3 is 6.18 Å². The summed E-state index contributed by atoms with van der Waals surface area (Å²) in [5.74, 6) is 0.236. The number of rotatable bonds is 4. The molecule has 1 aromatic heterocycles. The van der Waals surface area contributed by atoms with Crippen LogP contribution in [0.1, 0.15) is 16.7 Å². The molecule has 5 nitrogen and oxygen atoms in total. The summed E-state index contributed by atoms with van der Waals surface area (Å²) in [6, 6.07) is 13.4. The van der Waals surface area contributed by atoms with Gasteiger partial charge in [-0.3, -0.25) is 4.79 Å². The second-order valence-corrected chi connectivity index (χ2v) is 7.96. The number of alkyl halides is 3. The van der Waals surface area contributed by atoms with Gasteiger partial charge in [-0.2, -0.15) is 13.2 Å². The van der Waals surface area contributed by atoms with Crippen LogP contribution in [-0.4, -0.2) is 47.0 Å². The maximum Gasteiger partial charge on any atom is 0.416 e. The first kappa shape index (κ1) is 22.8. The molecule has 0 N–H and O–H groups in total. The molecule has 2 aromatic carbocycles. The van der Waals surface area contributed by atoms with Crippen LogP contribution in [0, 0.1) is 0 Å². The molecule has 0 radical (unpaired) electrons. The van der Waals surface area contributed by atoms with Crippen LogP contribution in [0.5, 0.6) is 0 Å². The van der Waals surface area contributed by atoms with Crippen molar-refractivity contribution < 1.29 is 18.0 Å². The smallest absolute Gasteiger partial charge is 0.337 e. The van der Waals surface area contributed by atoms with Crippen LogP contribution in [0.4, 0.5) is 19.1 Å². The third-order valence-electron chi connectivity index (χ3n) is 5.29. The lowest BCUT2D eigenvalue weighted by Crippen LogP contribution is -2.49. The second-order valence-electron chi connectivity index (χ2n) is 7.52. The molecule has 33 heavy (non-hydrogen) atoms. The van der Waals surface area contributed by atoms with Gasteiger partial charge in [0, 0.05) is 49.2 Å². The molecule has 0 unspecified atom stereocenters. The van der Waals surface area contributed by atoms with Gasteiger partial charge in [0.2, 0.25) is 5.95 Å². The van der Waals surface area contributed by atoms with Gasteiger partial charge in [-0.1, -0.05) is 35.9 Å². The van der Waals surface area contributed by atoms with E-state index < -0.39 is 11.7 Å². The first-order valence-electron chi connectivity index (χ1n) is 10.3. The van der Waals surface area contributed by atoms with Crippen molar-refractivity contribution in [3.05, 3.63) is 88.7 Å². The minimum atomic E-state index is -4.51. The van der Waals surface area contributed by atoms with Gasteiger partial charge in [-0.25, -0.2) is 9.97 Å². The number of hydrogen-bond acceptors (Lipinski definition) is 4. The number of anilines is 1. The zero-order chi connectivity index (χ0) is 23.4. The van der Waals surface area contributed by atoms with Gasteiger partial charge in [-0.15, -0.1) is 0 Å². The number of aromatic nitrogens is 2. The number of carbonyl (C=O) groups excluding carboxylic acids is 1. The van der Waals surface area contributed by atoms with E-state index in [9.17, 15) is 18.0 Å². The molecule has 2 heterocycles. The Morgan fingerprint density at radius 3 is 2.30 bits per heavy atom. The molecule has 1 saturated heterocycles. The minimum Gasteiger partial charge on any atom is -0.337 e. The molecule has 4 rings (SSSR count). The number of benzene rings is 2. The quantitative estimate of drug-likeness (QED) is 0.394. The molecule has 1 fully saturated rings. The van der Waals surface area contributed by atoms with E-state index in [0.717, 1.165) is 12.1 Å². The van der Waals surface area contributed by atoms with E-state index in [1.807, 2.05) is 4.90 Å². The Kier molecular flexibility index (Phi) is 6.65. The van der Waals surface area contributed by atoms with Crippen LogP contribution in [0.25, 0.3) is 11.6 Å². The van der Waals surface area contributed by atoms with Crippen LogP contribution in [0.3, 0.4) is 0 Å². The highest BCUT2D eigenvalue weighted by molar-refractivity contribution is 6.31. The largest absolute Gasteiger partial charge is 0.416 e. The Bertz CT molecular complexity index is 1160. The standard InChI is InChI=1S/C24H20ClF3N4O/c25-20-7-1-4-17(14-20)15-21(18-5-2-6-19(16-18)24(26,27)28)22(33)31-10-12-32(13-11-31)23-29-8-3-9-30-23/h1-9,14-16H,10-13H2/b21-15+. The molecule has 0 saturated carbocycles. The summed E-state index contributed by atoms with van der Waals surface area (Å²) in [5, 5.41) is 0.469. The molecule has 0 bridgehead atoms. The van der Waals surface area contributed by atoms with E-state index in [1.165, 1.54) is 12.1 Å². The van der Waals surface area contributed by atoms with Crippen molar-refractivity contribution in [1.29, 1.82) is 0 Å². The third-order valence-corrected chi connectivity index (χ3v) is 5.53. The predicted molar refractivity (Wildman–Crippen MR) is 122 cm³/mol. The molecule has 0 aliphatic carbocycles. The van der Waals surface area contributed by atoms with Crippen LogP contribution in [0.2, 0.25) is 5.02 Å². The maximum absolute atomic E-state index is 13.5. The summed E-state index contributed by atoms with van der Waals surface area (Å²) in [6.45, 7) is 1.82. The van der Waals surface area contributed by atoms with Gasteiger partial charge in [-0.05, 0) is 47.5 Å². The highest BCUT2D eigenvalue weighted by Crippen LogP contribution is 2.32. The number of carbonyl (C=O) groups is 1. The van der Waals surface area contributed by atoms with E-state index in [4.69, 9.17) is 11.6 Å². The van der Waals surface area contributed by atoms with E-state index >= 15 is 0 Å². The fourth-order valence-electron chi connectivity index (χ4n) is 3.63. The summed E-state index contributed by atoms with van der Waals surface area (Å²) in [5.41, 5.74) is 0.187. The SMILES string of the molecule is O=C(/C(=C/c1cccc(Cl)c1)c1cccc(C(F)(F)F)c1)N1CCN(c2ncccn2)CC1. The molecule has 9 heteroatoms. The predicted octanol–water partition coefficient (Wildman–Crippen LogP) is 5.04. The molecule has 170 valence electrons. The van der Waals surface area contributed by atoms with Crippen molar-refractivity contribution in [1.82, 2.24) is 14.9 Å². The summed E-state index contributed by atoms with van der Waals surface area (Å²) < 4.78 is 40.0. The fraction of sp³-hybridized carbons (Fsp3) is 0.208. The van der Waals surface area contributed by atoms with Crippen molar-refractivity contribution >= 4 is 35.1 Å². The Hall–Kier alpha value is -3.39. The molecule has 0 atom stereocenters. The van der Waals surface area contributed by atoms with Crippen molar-refractivity contribution in [3.8, 4) is 0 Å². The molecule has 1 amide bonds. The van der Waals surface area contributed by atoms with Crippen molar-refractivity contribution in [2.45, 2.75) is 6.18 Å². The van der Waals surface area contributed by atoms with Gasteiger partial charge in [0.05, 0.1) is 5.56 Å². The first-order valence-corrected chi connectivity index (χ1v) is 10.7. The van der Waals surface area contributed by atoms with Crippen LogP contribution < -0.4 is 4.90 Å². The zero-order valence-electron chi connectivity index (χ0n) is 17.5. The average Bonchev–Trinajstić information content (AvgIpc) is 2.82. The van der Waals surface area contributed by atoms with Crippen LogP contribution in [0.15, 0.2) is 67.0 Å². The molecular weight excluding hydrogens is 453 g/mol. The van der Waals surface area contributed by atoms with E-state index in [1.54, 1.807) is 53.7 Å². The molecule has 1 aliphatic rings. The molecular formula is C24H20ClF3N4O. The normalized spacial score (nSPS) is 15.0. The number of piperazine rings is 1. The highest BCUT2D eigenvalue weighted by Gasteiger charge is 2.32. The monoisotopic (exact) mass is 472 g/mol. The third kappa shape index (κ3) is 5.51.